The molecule has 2 aliphatic rings. The highest BCUT2D eigenvalue weighted by atomic mass is 127. The van der Waals surface area contributed by atoms with Crippen molar-refractivity contribution in [1.29, 1.82) is 0 Å². The standard InChI is InChI=1S/C16H22BrN3O.HI/c17-13-4-1-3-12(9-13)16(6-7-16)11-20-15(18)19-10-14-5-2-8-21-14;/h1,3-4,9,14H,2,5-8,10-11H2,(H3,18,19,20);1H. The molecule has 0 radical (unpaired) electrons. The van der Waals surface area contributed by atoms with Crippen LogP contribution >= 0.6 is 39.9 Å². The van der Waals surface area contributed by atoms with E-state index in [9.17, 15) is 0 Å². The quantitative estimate of drug-likeness (QED) is 0.387. The van der Waals surface area contributed by atoms with Crippen LogP contribution in [-0.2, 0) is 10.2 Å². The summed E-state index contributed by atoms with van der Waals surface area (Å²) in [5.74, 6) is 0.534. The predicted molar refractivity (Wildman–Crippen MR) is 104 cm³/mol. The van der Waals surface area contributed by atoms with Gasteiger partial charge in [-0.25, -0.2) is 0 Å². The zero-order chi connectivity index (χ0) is 14.7. The maximum atomic E-state index is 5.97. The van der Waals surface area contributed by atoms with Crippen molar-refractivity contribution in [1.82, 2.24) is 5.32 Å². The fourth-order valence-electron chi connectivity index (χ4n) is 2.82. The summed E-state index contributed by atoms with van der Waals surface area (Å²) < 4.78 is 6.69. The van der Waals surface area contributed by atoms with Crippen LogP contribution in [0.25, 0.3) is 0 Å². The molecule has 4 nitrogen and oxygen atoms in total. The molecule has 0 bridgehead atoms. The van der Waals surface area contributed by atoms with Crippen LogP contribution in [0, 0.1) is 0 Å². The number of hydrogen-bond acceptors (Lipinski definition) is 2. The molecule has 22 heavy (non-hydrogen) atoms. The molecule has 1 aromatic carbocycles. The van der Waals surface area contributed by atoms with Crippen LogP contribution < -0.4 is 11.1 Å². The average molecular weight is 480 g/mol. The lowest BCUT2D eigenvalue weighted by Gasteiger charge is -2.15. The van der Waals surface area contributed by atoms with Crippen molar-refractivity contribution in [3.05, 3.63) is 34.3 Å². The second kappa shape index (κ2) is 7.97. The second-order valence-corrected chi connectivity index (χ2v) is 6.92. The molecule has 0 aromatic heterocycles. The molecule has 1 aliphatic carbocycles. The van der Waals surface area contributed by atoms with Crippen molar-refractivity contribution in [2.45, 2.75) is 37.2 Å². The first-order chi connectivity index (χ1) is 10.2. The van der Waals surface area contributed by atoms with Crippen LogP contribution in [-0.4, -0.2) is 31.8 Å². The molecular weight excluding hydrogens is 457 g/mol. The lowest BCUT2D eigenvalue weighted by Crippen LogP contribution is -2.37. The van der Waals surface area contributed by atoms with Gasteiger partial charge in [-0.1, -0.05) is 28.1 Å². The van der Waals surface area contributed by atoms with Gasteiger partial charge in [0.05, 0.1) is 12.6 Å². The highest BCUT2D eigenvalue weighted by Crippen LogP contribution is 2.48. The summed E-state index contributed by atoms with van der Waals surface area (Å²) in [7, 11) is 0. The number of benzene rings is 1. The molecule has 1 saturated heterocycles. The fourth-order valence-corrected chi connectivity index (χ4v) is 3.22. The molecule has 6 heteroatoms. The van der Waals surface area contributed by atoms with Crippen molar-refractivity contribution >= 4 is 45.9 Å². The van der Waals surface area contributed by atoms with Crippen LogP contribution in [0.1, 0.15) is 31.2 Å². The Morgan fingerprint density at radius 2 is 2.27 bits per heavy atom. The second-order valence-electron chi connectivity index (χ2n) is 6.01. The molecule has 2 fully saturated rings. The van der Waals surface area contributed by atoms with Gasteiger partial charge in [0.1, 0.15) is 0 Å². The molecule has 122 valence electrons. The Hall–Kier alpha value is -0.340. The first-order valence-corrected chi connectivity index (χ1v) is 8.39. The maximum Gasteiger partial charge on any atom is 0.188 e. The van der Waals surface area contributed by atoms with Gasteiger partial charge >= 0.3 is 0 Å². The van der Waals surface area contributed by atoms with Crippen LogP contribution in [0.4, 0.5) is 0 Å². The fraction of sp³-hybridized carbons (Fsp3) is 0.562. The van der Waals surface area contributed by atoms with Crippen molar-refractivity contribution in [3.63, 3.8) is 0 Å². The smallest absolute Gasteiger partial charge is 0.188 e. The van der Waals surface area contributed by atoms with E-state index in [2.05, 4.69) is 50.5 Å². The summed E-state index contributed by atoms with van der Waals surface area (Å²) in [4.78, 5) is 4.54. The van der Waals surface area contributed by atoms with Gasteiger partial charge < -0.3 is 15.8 Å². The van der Waals surface area contributed by atoms with Crippen molar-refractivity contribution in [3.8, 4) is 0 Å². The number of rotatable bonds is 5. The van der Waals surface area contributed by atoms with Crippen LogP contribution in [0.15, 0.2) is 33.7 Å². The van der Waals surface area contributed by atoms with Gasteiger partial charge in [0, 0.05) is 23.0 Å². The minimum Gasteiger partial charge on any atom is -0.376 e. The van der Waals surface area contributed by atoms with Gasteiger partial charge in [0.2, 0.25) is 0 Å². The Morgan fingerprint density at radius 3 is 2.91 bits per heavy atom. The van der Waals surface area contributed by atoms with Crippen LogP contribution in [0.3, 0.4) is 0 Å². The number of aliphatic imine (C=N–C) groups is 1. The third kappa shape index (κ3) is 4.58. The SMILES string of the molecule is I.NC(=NCC1(c2cccc(Br)c2)CC1)NCC1CCCO1. The lowest BCUT2D eigenvalue weighted by molar-refractivity contribution is 0.114. The molecule has 0 amide bonds. The third-order valence-electron chi connectivity index (χ3n) is 4.38. The molecule has 1 unspecified atom stereocenters. The Bertz CT molecular complexity index is 528. The molecule has 0 spiro atoms. The first-order valence-electron chi connectivity index (χ1n) is 7.59. The van der Waals surface area contributed by atoms with Crippen molar-refractivity contribution < 1.29 is 4.74 Å². The largest absolute Gasteiger partial charge is 0.376 e. The van der Waals surface area contributed by atoms with Gasteiger partial charge in [0.15, 0.2) is 5.96 Å². The van der Waals surface area contributed by atoms with E-state index in [-0.39, 0.29) is 29.4 Å². The summed E-state index contributed by atoms with van der Waals surface area (Å²) in [6.07, 6.45) is 4.92. The van der Waals surface area contributed by atoms with E-state index in [0.717, 1.165) is 37.0 Å². The zero-order valence-electron chi connectivity index (χ0n) is 12.6. The third-order valence-corrected chi connectivity index (χ3v) is 4.87. The molecule has 1 atom stereocenters. The summed E-state index contributed by atoms with van der Waals surface area (Å²) in [6.45, 7) is 2.39. The van der Waals surface area contributed by atoms with E-state index in [1.165, 1.54) is 18.4 Å². The van der Waals surface area contributed by atoms with Gasteiger partial charge in [-0.2, -0.15) is 0 Å². The van der Waals surface area contributed by atoms with Crippen LogP contribution in [0.2, 0.25) is 0 Å². The minimum absolute atomic E-state index is 0. The van der Waals surface area contributed by atoms with E-state index in [1.54, 1.807) is 0 Å². The number of nitrogens with one attached hydrogen (secondary N) is 1. The molecule has 1 saturated carbocycles. The molecule has 3 rings (SSSR count). The van der Waals surface area contributed by atoms with Gasteiger partial charge in [-0.15, -0.1) is 24.0 Å². The number of nitrogens with two attached hydrogens (primary N) is 1. The highest BCUT2D eigenvalue weighted by molar-refractivity contribution is 14.0. The van der Waals surface area contributed by atoms with Gasteiger partial charge in [-0.05, 0) is 43.4 Å². The van der Waals surface area contributed by atoms with E-state index in [1.807, 2.05) is 0 Å². The number of halogens is 2. The molecule has 3 N–H and O–H groups in total. The Labute approximate surface area is 157 Å². The number of nitrogens with zero attached hydrogens (tertiary/aromatic N) is 1. The van der Waals surface area contributed by atoms with E-state index in [4.69, 9.17) is 10.5 Å². The normalized spacial score (nSPS) is 23.0. The lowest BCUT2D eigenvalue weighted by atomic mass is 9.96. The van der Waals surface area contributed by atoms with E-state index >= 15 is 0 Å². The average Bonchev–Trinajstić information content (AvgIpc) is 3.10. The first kappa shape index (κ1) is 18.0. The molecular formula is C16H23BrIN3O. The summed E-state index contributed by atoms with van der Waals surface area (Å²) in [6, 6.07) is 8.52. The Morgan fingerprint density at radius 1 is 1.45 bits per heavy atom. The number of ether oxygens (including phenoxy) is 1. The minimum atomic E-state index is 0. The number of hydrogen-bond donors (Lipinski definition) is 2. The van der Waals surface area contributed by atoms with Crippen molar-refractivity contribution in [2.24, 2.45) is 10.7 Å². The monoisotopic (exact) mass is 479 g/mol. The Kier molecular flexibility index (Phi) is 6.52. The predicted octanol–water partition coefficient (Wildman–Crippen LogP) is 3.18. The highest BCUT2D eigenvalue weighted by Gasteiger charge is 2.44. The van der Waals surface area contributed by atoms with Gasteiger partial charge in [-0.3, -0.25) is 4.99 Å². The van der Waals surface area contributed by atoms with E-state index < -0.39 is 0 Å². The molecule has 1 aromatic rings. The topological polar surface area (TPSA) is 59.6 Å². The maximum absolute atomic E-state index is 5.97. The van der Waals surface area contributed by atoms with Crippen molar-refractivity contribution in [2.75, 3.05) is 19.7 Å². The van der Waals surface area contributed by atoms with E-state index in [0.29, 0.717) is 12.1 Å². The molecule has 1 aliphatic heterocycles. The summed E-state index contributed by atoms with van der Waals surface area (Å²) >= 11 is 3.54. The zero-order valence-corrected chi connectivity index (χ0v) is 16.5. The summed E-state index contributed by atoms with van der Waals surface area (Å²) in [5.41, 5.74) is 7.52. The number of guanidine groups is 1. The van der Waals surface area contributed by atoms with Crippen LogP contribution in [0.5, 0.6) is 0 Å². The summed E-state index contributed by atoms with van der Waals surface area (Å²) in [5, 5.41) is 3.18. The molecule has 1 heterocycles. The Balaban J connectivity index is 0.00000176. The van der Waals surface area contributed by atoms with Gasteiger partial charge in [0.25, 0.3) is 0 Å².